The van der Waals surface area contributed by atoms with E-state index in [1.54, 1.807) is 0 Å². The minimum atomic E-state index is 0.606. The SMILES string of the molecule is CC[C@H](CNc1nccc(C)n1)N1CCCCC1. The minimum Gasteiger partial charge on any atom is -0.353 e. The number of likely N-dealkylation sites (tertiary alicyclic amines) is 1. The van der Waals surface area contributed by atoms with E-state index in [4.69, 9.17) is 0 Å². The van der Waals surface area contributed by atoms with Crippen molar-refractivity contribution in [2.24, 2.45) is 0 Å². The van der Waals surface area contributed by atoms with Gasteiger partial charge in [-0.25, -0.2) is 9.97 Å². The topological polar surface area (TPSA) is 41.1 Å². The van der Waals surface area contributed by atoms with E-state index in [2.05, 4.69) is 27.1 Å². The summed E-state index contributed by atoms with van der Waals surface area (Å²) in [5, 5.41) is 3.37. The Morgan fingerprint density at radius 2 is 2.11 bits per heavy atom. The molecule has 18 heavy (non-hydrogen) atoms. The summed E-state index contributed by atoms with van der Waals surface area (Å²) in [6, 6.07) is 2.53. The molecule has 0 amide bonds. The third-order valence-corrected chi connectivity index (χ3v) is 3.67. The van der Waals surface area contributed by atoms with Crippen molar-refractivity contribution >= 4 is 5.95 Å². The normalized spacial score (nSPS) is 18.6. The monoisotopic (exact) mass is 248 g/mol. The molecule has 2 heterocycles. The third-order valence-electron chi connectivity index (χ3n) is 3.67. The number of aryl methyl sites for hydroxylation is 1. The van der Waals surface area contributed by atoms with Crippen LogP contribution in [0.4, 0.5) is 5.95 Å². The van der Waals surface area contributed by atoms with Crippen LogP contribution < -0.4 is 5.32 Å². The van der Waals surface area contributed by atoms with Gasteiger partial charge in [-0.05, 0) is 45.3 Å². The highest BCUT2D eigenvalue weighted by atomic mass is 15.2. The van der Waals surface area contributed by atoms with E-state index in [1.165, 1.54) is 38.8 Å². The van der Waals surface area contributed by atoms with Crippen LogP contribution in [0.2, 0.25) is 0 Å². The molecule has 1 fully saturated rings. The Labute approximate surface area is 110 Å². The molecule has 100 valence electrons. The Morgan fingerprint density at radius 1 is 1.33 bits per heavy atom. The molecule has 1 aromatic rings. The average molecular weight is 248 g/mol. The first-order valence-corrected chi connectivity index (χ1v) is 7.07. The second-order valence-corrected chi connectivity index (χ2v) is 5.06. The van der Waals surface area contributed by atoms with Crippen molar-refractivity contribution in [2.45, 2.75) is 45.6 Å². The molecule has 1 aliphatic heterocycles. The first-order valence-electron chi connectivity index (χ1n) is 7.07. The van der Waals surface area contributed by atoms with Crippen LogP contribution in [0.1, 0.15) is 38.3 Å². The maximum atomic E-state index is 4.38. The molecule has 1 aromatic heterocycles. The highest BCUT2D eigenvalue weighted by Gasteiger charge is 2.18. The highest BCUT2D eigenvalue weighted by Crippen LogP contribution is 2.14. The number of rotatable bonds is 5. The van der Waals surface area contributed by atoms with Crippen molar-refractivity contribution in [1.29, 1.82) is 0 Å². The molecule has 0 bridgehead atoms. The largest absolute Gasteiger partial charge is 0.353 e. The standard InChI is InChI=1S/C14H24N4/c1-3-13(18-9-5-4-6-10-18)11-16-14-15-8-7-12(2)17-14/h7-8,13H,3-6,9-11H2,1-2H3,(H,15,16,17)/t13-/m1/s1. The second-order valence-electron chi connectivity index (χ2n) is 5.06. The predicted octanol–water partition coefficient (Wildman–Crippen LogP) is 2.46. The number of nitrogens with one attached hydrogen (secondary N) is 1. The fraction of sp³-hybridized carbons (Fsp3) is 0.714. The summed E-state index contributed by atoms with van der Waals surface area (Å²) < 4.78 is 0. The molecule has 0 aliphatic carbocycles. The van der Waals surface area contributed by atoms with Gasteiger partial charge >= 0.3 is 0 Å². The minimum absolute atomic E-state index is 0.606. The molecule has 0 saturated carbocycles. The molecule has 0 unspecified atom stereocenters. The zero-order valence-corrected chi connectivity index (χ0v) is 11.5. The second kappa shape index (κ2) is 6.69. The third kappa shape index (κ3) is 3.67. The van der Waals surface area contributed by atoms with Crippen LogP contribution in [0.15, 0.2) is 12.3 Å². The van der Waals surface area contributed by atoms with E-state index >= 15 is 0 Å². The summed E-state index contributed by atoms with van der Waals surface area (Å²) in [6.45, 7) is 7.69. The summed E-state index contributed by atoms with van der Waals surface area (Å²) in [7, 11) is 0. The summed E-state index contributed by atoms with van der Waals surface area (Å²) in [4.78, 5) is 11.2. The molecular weight excluding hydrogens is 224 g/mol. The van der Waals surface area contributed by atoms with Gasteiger partial charge < -0.3 is 5.32 Å². The molecule has 0 aromatic carbocycles. The van der Waals surface area contributed by atoms with E-state index in [0.29, 0.717) is 6.04 Å². The van der Waals surface area contributed by atoms with Crippen LogP contribution in [0, 0.1) is 6.92 Å². The lowest BCUT2D eigenvalue weighted by molar-refractivity contribution is 0.166. The average Bonchev–Trinajstić information content (AvgIpc) is 2.41. The summed E-state index contributed by atoms with van der Waals surface area (Å²) in [5.74, 6) is 0.755. The molecule has 0 radical (unpaired) electrons. The van der Waals surface area contributed by atoms with E-state index in [-0.39, 0.29) is 0 Å². The fourth-order valence-corrected chi connectivity index (χ4v) is 2.56. The van der Waals surface area contributed by atoms with Gasteiger partial charge in [0, 0.05) is 24.5 Å². The van der Waals surface area contributed by atoms with E-state index in [0.717, 1.165) is 18.2 Å². The Balaban J connectivity index is 1.86. The van der Waals surface area contributed by atoms with Gasteiger partial charge in [-0.1, -0.05) is 13.3 Å². The van der Waals surface area contributed by atoms with E-state index in [9.17, 15) is 0 Å². The van der Waals surface area contributed by atoms with Crippen LogP contribution in [-0.4, -0.2) is 40.5 Å². The molecule has 4 nitrogen and oxygen atoms in total. The van der Waals surface area contributed by atoms with Crippen LogP contribution in [0.5, 0.6) is 0 Å². The summed E-state index contributed by atoms with van der Waals surface area (Å²) in [5.41, 5.74) is 1.01. The van der Waals surface area contributed by atoms with Crippen molar-refractivity contribution in [3.63, 3.8) is 0 Å². The van der Waals surface area contributed by atoms with Crippen LogP contribution in [-0.2, 0) is 0 Å². The lowest BCUT2D eigenvalue weighted by Gasteiger charge is -2.34. The van der Waals surface area contributed by atoms with Gasteiger partial charge in [0.25, 0.3) is 0 Å². The Morgan fingerprint density at radius 3 is 2.78 bits per heavy atom. The maximum absolute atomic E-state index is 4.38. The summed E-state index contributed by atoms with van der Waals surface area (Å²) >= 11 is 0. The van der Waals surface area contributed by atoms with Crippen molar-refractivity contribution in [3.05, 3.63) is 18.0 Å². The number of nitrogens with zero attached hydrogens (tertiary/aromatic N) is 3. The molecule has 1 atom stereocenters. The van der Waals surface area contributed by atoms with Crippen molar-refractivity contribution in [2.75, 3.05) is 25.0 Å². The first kappa shape index (κ1) is 13.3. The van der Waals surface area contributed by atoms with Crippen LogP contribution in [0.25, 0.3) is 0 Å². The zero-order valence-electron chi connectivity index (χ0n) is 11.5. The van der Waals surface area contributed by atoms with Crippen LogP contribution in [0.3, 0.4) is 0 Å². The molecule has 1 aliphatic rings. The van der Waals surface area contributed by atoms with E-state index in [1.807, 2.05) is 19.2 Å². The molecule has 1 saturated heterocycles. The quantitative estimate of drug-likeness (QED) is 0.869. The number of hydrogen-bond acceptors (Lipinski definition) is 4. The Hall–Kier alpha value is -1.16. The summed E-state index contributed by atoms with van der Waals surface area (Å²) in [6.07, 6.45) is 7.07. The number of aromatic nitrogens is 2. The van der Waals surface area contributed by atoms with Crippen molar-refractivity contribution in [3.8, 4) is 0 Å². The predicted molar refractivity (Wildman–Crippen MR) is 74.8 cm³/mol. The lowest BCUT2D eigenvalue weighted by atomic mass is 10.1. The fourth-order valence-electron chi connectivity index (χ4n) is 2.56. The first-order chi connectivity index (χ1) is 8.79. The number of hydrogen-bond donors (Lipinski definition) is 1. The van der Waals surface area contributed by atoms with Gasteiger partial charge in [0.15, 0.2) is 0 Å². The Kier molecular flexibility index (Phi) is 4.93. The highest BCUT2D eigenvalue weighted by molar-refractivity contribution is 5.24. The molecule has 2 rings (SSSR count). The van der Waals surface area contributed by atoms with Crippen molar-refractivity contribution in [1.82, 2.24) is 14.9 Å². The van der Waals surface area contributed by atoms with Gasteiger partial charge in [-0.15, -0.1) is 0 Å². The Bertz CT molecular complexity index is 361. The smallest absolute Gasteiger partial charge is 0.222 e. The molecule has 4 heteroatoms. The maximum Gasteiger partial charge on any atom is 0.222 e. The van der Waals surface area contributed by atoms with Gasteiger partial charge in [0.05, 0.1) is 0 Å². The molecular formula is C14H24N4. The van der Waals surface area contributed by atoms with Gasteiger partial charge in [-0.3, -0.25) is 4.90 Å². The van der Waals surface area contributed by atoms with Gasteiger partial charge in [0.1, 0.15) is 0 Å². The van der Waals surface area contributed by atoms with Crippen molar-refractivity contribution < 1.29 is 0 Å². The molecule has 0 spiro atoms. The number of piperidine rings is 1. The van der Waals surface area contributed by atoms with E-state index < -0.39 is 0 Å². The lowest BCUT2D eigenvalue weighted by Crippen LogP contribution is -2.42. The number of anilines is 1. The molecule has 1 N–H and O–H groups in total. The van der Waals surface area contributed by atoms with Gasteiger partial charge in [-0.2, -0.15) is 0 Å². The van der Waals surface area contributed by atoms with Gasteiger partial charge in [0.2, 0.25) is 5.95 Å². The van der Waals surface area contributed by atoms with Crippen LogP contribution >= 0.6 is 0 Å². The zero-order chi connectivity index (χ0) is 12.8.